The molecule has 0 saturated heterocycles. The fourth-order valence-corrected chi connectivity index (χ4v) is 2.56. The number of amides is 1. The SMILES string of the molecule is O=C1CCc2cc(F)c(NS(=O)(=O)CBr)cc2N1. The summed E-state index contributed by atoms with van der Waals surface area (Å²) in [6.45, 7) is 0. The summed E-state index contributed by atoms with van der Waals surface area (Å²) in [6.07, 6.45) is 0.752. The van der Waals surface area contributed by atoms with Gasteiger partial charge in [-0.05, 0) is 24.1 Å². The molecule has 1 aromatic rings. The van der Waals surface area contributed by atoms with Crippen LogP contribution in [0, 0.1) is 5.82 Å². The Kier molecular flexibility index (Phi) is 3.58. The lowest BCUT2D eigenvalue weighted by molar-refractivity contribution is -0.116. The van der Waals surface area contributed by atoms with Crippen LogP contribution in [0.3, 0.4) is 0 Å². The molecule has 0 aliphatic carbocycles. The lowest BCUT2D eigenvalue weighted by Gasteiger charge is -2.18. The predicted octanol–water partition coefficient (Wildman–Crippen LogP) is 1.80. The van der Waals surface area contributed by atoms with E-state index in [2.05, 4.69) is 26.0 Å². The zero-order valence-corrected chi connectivity index (χ0v) is 11.6. The standard InChI is InChI=1S/C10H10BrFN2O3S/c11-5-18(16,17)14-9-4-8-6(3-7(9)12)1-2-10(15)13-8/h3-4,14H,1-2,5H2,(H,13,15). The normalized spacial score (nSPS) is 14.9. The maximum atomic E-state index is 13.7. The molecule has 1 aromatic carbocycles. The maximum Gasteiger partial charge on any atom is 0.242 e. The van der Waals surface area contributed by atoms with Crippen LogP contribution in [-0.2, 0) is 21.2 Å². The monoisotopic (exact) mass is 336 g/mol. The molecule has 18 heavy (non-hydrogen) atoms. The summed E-state index contributed by atoms with van der Waals surface area (Å²) in [5.74, 6) is -0.821. The third-order valence-electron chi connectivity index (χ3n) is 2.50. The zero-order valence-electron chi connectivity index (χ0n) is 9.16. The second-order valence-electron chi connectivity index (χ2n) is 3.86. The number of benzene rings is 1. The van der Waals surface area contributed by atoms with Crippen LogP contribution in [0.5, 0.6) is 0 Å². The van der Waals surface area contributed by atoms with Gasteiger partial charge in [-0.2, -0.15) is 0 Å². The molecule has 0 aromatic heterocycles. The van der Waals surface area contributed by atoms with Crippen molar-refractivity contribution < 1.29 is 17.6 Å². The first-order valence-corrected chi connectivity index (χ1v) is 7.87. The molecule has 0 radical (unpaired) electrons. The maximum absolute atomic E-state index is 13.7. The van der Waals surface area contributed by atoms with Gasteiger partial charge in [0.1, 0.15) is 10.5 Å². The molecule has 1 heterocycles. The number of alkyl halides is 1. The van der Waals surface area contributed by atoms with Gasteiger partial charge < -0.3 is 5.32 Å². The van der Waals surface area contributed by atoms with Crippen LogP contribution in [0.4, 0.5) is 15.8 Å². The molecule has 2 N–H and O–H groups in total. The molecule has 1 amide bonds. The molecule has 0 bridgehead atoms. The summed E-state index contributed by atoms with van der Waals surface area (Å²) >= 11 is 2.79. The summed E-state index contributed by atoms with van der Waals surface area (Å²) in [7, 11) is -3.62. The highest BCUT2D eigenvalue weighted by Crippen LogP contribution is 2.29. The van der Waals surface area contributed by atoms with Gasteiger partial charge in [0.15, 0.2) is 0 Å². The average molecular weight is 337 g/mol. The van der Waals surface area contributed by atoms with Crippen molar-refractivity contribution in [3.05, 3.63) is 23.5 Å². The number of sulfonamides is 1. The van der Waals surface area contributed by atoms with Crippen molar-refractivity contribution in [1.82, 2.24) is 0 Å². The van der Waals surface area contributed by atoms with E-state index in [-0.39, 0.29) is 16.3 Å². The Hall–Kier alpha value is -1.15. The number of carbonyl (C=O) groups excluding carboxylic acids is 1. The van der Waals surface area contributed by atoms with Gasteiger partial charge in [-0.25, -0.2) is 12.8 Å². The van der Waals surface area contributed by atoms with Crippen molar-refractivity contribution in [2.45, 2.75) is 12.8 Å². The lowest BCUT2D eigenvalue weighted by atomic mass is 10.0. The number of hydrogen-bond donors (Lipinski definition) is 2. The van der Waals surface area contributed by atoms with E-state index in [4.69, 9.17) is 0 Å². The Morgan fingerprint density at radius 2 is 2.11 bits per heavy atom. The second kappa shape index (κ2) is 4.85. The number of carbonyl (C=O) groups is 1. The van der Waals surface area contributed by atoms with Gasteiger partial charge in [0.05, 0.1) is 5.69 Å². The Labute approximate surface area is 112 Å². The smallest absolute Gasteiger partial charge is 0.242 e. The van der Waals surface area contributed by atoms with Crippen molar-refractivity contribution in [1.29, 1.82) is 0 Å². The molecule has 8 heteroatoms. The molecule has 2 rings (SSSR count). The number of nitrogens with one attached hydrogen (secondary N) is 2. The molecule has 0 saturated carbocycles. The summed E-state index contributed by atoms with van der Waals surface area (Å²) in [4.78, 5) is 11.2. The quantitative estimate of drug-likeness (QED) is 0.826. The van der Waals surface area contributed by atoms with Crippen molar-refractivity contribution in [3.8, 4) is 0 Å². The number of hydrogen-bond acceptors (Lipinski definition) is 3. The Morgan fingerprint density at radius 3 is 2.78 bits per heavy atom. The first kappa shape index (κ1) is 13.3. The van der Waals surface area contributed by atoms with Gasteiger partial charge in [0.25, 0.3) is 0 Å². The van der Waals surface area contributed by atoms with Gasteiger partial charge in [-0.15, -0.1) is 0 Å². The van der Waals surface area contributed by atoms with Gasteiger partial charge in [-0.3, -0.25) is 9.52 Å². The van der Waals surface area contributed by atoms with Crippen molar-refractivity contribution >= 4 is 43.2 Å². The molecule has 0 spiro atoms. The van der Waals surface area contributed by atoms with Crippen LogP contribution in [0.2, 0.25) is 0 Å². The minimum atomic E-state index is -3.62. The van der Waals surface area contributed by atoms with Gasteiger partial charge >= 0.3 is 0 Å². The highest BCUT2D eigenvalue weighted by Gasteiger charge is 2.19. The topological polar surface area (TPSA) is 75.3 Å². The van der Waals surface area contributed by atoms with E-state index in [1.54, 1.807) is 0 Å². The Morgan fingerprint density at radius 1 is 1.39 bits per heavy atom. The number of fused-ring (bicyclic) bond motifs is 1. The Balaban J connectivity index is 2.38. The van der Waals surface area contributed by atoms with E-state index in [0.29, 0.717) is 24.1 Å². The largest absolute Gasteiger partial charge is 0.326 e. The fraction of sp³-hybridized carbons (Fsp3) is 0.300. The molecule has 1 aliphatic rings. The predicted molar refractivity (Wildman–Crippen MR) is 69.7 cm³/mol. The summed E-state index contributed by atoms with van der Waals surface area (Å²) < 4.78 is 38.1. The van der Waals surface area contributed by atoms with Crippen LogP contribution in [0.1, 0.15) is 12.0 Å². The second-order valence-corrected chi connectivity index (χ2v) is 6.89. The molecular formula is C10H10BrFN2O3S. The number of aryl methyl sites for hydroxylation is 1. The van der Waals surface area contributed by atoms with E-state index >= 15 is 0 Å². The van der Waals surface area contributed by atoms with Gasteiger partial charge in [0.2, 0.25) is 15.9 Å². The van der Waals surface area contributed by atoms with Crippen LogP contribution in [0.15, 0.2) is 12.1 Å². The van der Waals surface area contributed by atoms with Crippen LogP contribution < -0.4 is 10.0 Å². The first-order valence-electron chi connectivity index (χ1n) is 5.10. The minimum Gasteiger partial charge on any atom is -0.326 e. The van der Waals surface area contributed by atoms with E-state index in [1.165, 1.54) is 12.1 Å². The summed E-state index contributed by atoms with van der Waals surface area (Å²) in [5.41, 5.74) is 0.934. The van der Waals surface area contributed by atoms with E-state index in [9.17, 15) is 17.6 Å². The molecule has 0 unspecified atom stereocenters. The van der Waals surface area contributed by atoms with Gasteiger partial charge in [-0.1, -0.05) is 15.9 Å². The molecular weight excluding hydrogens is 327 g/mol. The molecule has 5 nitrogen and oxygen atoms in total. The molecule has 0 fully saturated rings. The summed E-state index contributed by atoms with van der Waals surface area (Å²) in [5, 5.41) is 2.58. The van der Waals surface area contributed by atoms with E-state index in [1.807, 2.05) is 0 Å². The molecule has 1 aliphatic heterocycles. The van der Waals surface area contributed by atoms with Crippen molar-refractivity contribution in [2.24, 2.45) is 0 Å². The lowest BCUT2D eigenvalue weighted by Crippen LogP contribution is -2.20. The minimum absolute atomic E-state index is 0.164. The molecule has 98 valence electrons. The van der Waals surface area contributed by atoms with Gasteiger partial charge in [0, 0.05) is 12.1 Å². The molecule has 0 atom stereocenters. The average Bonchev–Trinajstić information content (AvgIpc) is 2.30. The van der Waals surface area contributed by atoms with Crippen LogP contribution >= 0.6 is 15.9 Å². The van der Waals surface area contributed by atoms with Crippen LogP contribution in [-0.4, -0.2) is 19.0 Å². The number of anilines is 2. The first-order chi connectivity index (χ1) is 8.41. The number of halogens is 2. The number of rotatable bonds is 3. The van der Waals surface area contributed by atoms with Crippen molar-refractivity contribution in [2.75, 3.05) is 14.7 Å². The van der Waals surface area contributed by atoms with E-state index in [0.717, 1.165) is 0 Å². The third-order valence-corrected chi connectivity index (χ3v) is 5.12. The Bertz CT molecular complexity index is 603. The fourth-order valence-electron chi connectivity index (χ4n) is 1.67. The van der Waals surface area contributed by atoms with Crippen molar-refractivity contribution in [3.63, 3.8) is 0 Å². The highest BCUT2D eigenvalue weighted by molar-refractivity contribution is 9.10. The zero-order chi connectivity index (χ0) is 13.3. The highest BCUT2D eigenvalue weighted by atomic mass is 79.9. The summed E-state index contributed by atoms with van der Waals surface area (Å²) in [6, 6.07) is 2.53. The van der Waals surface area contributed by atoms with E-state index < -0.39 is 15.8 Å². The third kappa shape index (κ3) is 2.81. The van der Waals surface area contributed by atoms with Crippen LogP contribution in [0.25, 0.3) is 0 Å².